The maximum Gasteiger partial charge on any atom is 0.406 e. The zero-order valence-corrected chi connectivity index (χ0v) is 33.7. The number of cyclic esters (lactones) is 1. The number of thiazole rings is 1. The summed E-state index contributed by atoms with van der Waals surface area (Å²) in [6.07, 6.45) is -1.07. The number of likely N-dealkylation sites (N-methyl/N-ethyl adjacent to an activating group) is 1. The molecule has 6 bridgehead atoms. The van der Waals surface area contributed by atoms with Gasteiger partial charge in [0.2, 0.25) is 0 Å². The summed E-state index contributed by atoms with van der Waals surface area (Å²) >= 11 is 1.20. The van der Waals surface area contributed by atoms with Crippen molar-refractivity contribution in [2.75, 3.05) is 53.5 Å². The molecule has 2 fully saturated rings. The molecule has 12 nitrogen and oxygen atoms in total. The monoisotopic (exact) mass is 814 g/mol. The van der Waals surface area contributed by atoms with Crippen LogP contribution in [0.5, 0.6) is 0 Å². The topological polar surface area (TPSA) is 131 Å². The van der Waals surface area contributed by atoms with Crippen LogP contribution >= 0.6 is 11.3 Å². The number of amides is 1. The van der Waals surface area contributed by atoms with E-state index in [4.69, 9.17) is 20.2 Å². The number of nitrogens with one attached hydrogen (secondary N) is 1. The van der Waals surface area contributed by atoms with Crippen LogP contribution in [-0.4, -0.2) is 120 Å². The molecule has 0 spiro atoms. The second kappa shape index (κ2) is 17.2. The second-order valence-electron chi connectivity index (χ2n) is 15.7. The number of rotatable bonds is 7. The standard InChI is InChI=1S/C40H50F4N8O4S/c1-7-25(50-13-11-49(5)12-14-50)20-46-32(24(2)55-6)18-35-28-19-39(3,4)23-56-38(54)31-9-8-10-52(48-31)37(53)30(45)17-36-47-33(21-57-36)27-15-26(28)34(16-29(27)41)51(35)22-40(42,43)44/h15-16,18,20-21,24,30-31,48H,1,8-14,17,19,22-23,45H2,2-6H3/b32-18+,46-20?/t24-,30-,31-/m0/s1. The van der Waals surface area contributed by atoms with E-state index in [0.717, 1.165) is 36.8 Å². The Balaban J connectivity index is 1.54. The van der Waals surface area contributed by atoms with Crippen LogP contribution in [0.2, 0.25) is 0 Å². The molecule has 5 heterocycles. The van der Waals surface area contributed by atoms with Gasteiger partial charge in [-0.15, -0.1) is 17.1 Å². The van der Waals surface area contributed by atoms with Gasteiger partial charge in [0.1, 0.15) is 18.4 Å². The molecule has 1 aromatic carbocycles. The molecule has 2 saturated heterocycles. The van der Waals surface area contributed by atoms with E-state index < -0.39 is 54.0 Å². The van der Waals surface area contributed by atoms with Crippen LogP contribution in [0.4, 0.5) is 17.6 Å². The van der Waals surface area contributed by atoms with Crippen LogP contribution < -0.4 is 11.2 Å². The summed E-state index contributed by atoms with van der Waals surface area (Å²) in [5.41, 5.74) is 13.3. The van der Waals surface area contributed by atoms with Crippen LogP contribution in [0.15, 0.2) is 46.2 Å². The third-order valence-electron chi connectivity index (χ3n) is 10.6. The van der Waals surface area contributed by atoms with Gasteiger partial charge in [0.25, 0.3) is 5.91 Å². The molecule has 6 rings (SSSR count). The highest BCUT2D eigenvalue weighted by molar-refractivity contribution is 7.10. The first kappa shape index (κ1) is 42.2. The third-order valence-corrected chi connectivity index (χ3v) is 11.5. The third kappa shape index (κ3) is 9.85. The number of carbonyl (C=O) groups excluding carboxylic acids is 2. The first-order chi connectivity index (χ1) is 27.0. The molecular formula is C40H50F4N8O4S. The minimum atomic E-state index is -4.68. The average molecular weight is 815 g/mol. The number of ether oxygens (including phenoxy) is 2. The minimum absolute atomic E-state index is 0.0177. The highest BCUT2D eigenvalue weighted by Crippen LogP contribution is 2.39. The number of nitrogens with zero attached hydrogens (tertiary/aromatic N) is 6. The predicted molar refractivity (Wildman–Crippen MR) is 212 cm³/mol. The van der Waals surface area contributed by atoms with Gasteiger partial charge in [0, 0.05) is 73.7 Å². The normalized spacial score (nSPS) is 22.1. The highest BCUT2D eigenvalue weighted by atomic mass is 32.1. The van der Waals surface area contributed by atoms with E-state index in [-0.39, 0.29) is 41.9 Å². The van der Waals surface area contributed by atoms with Gasteiger partial charge in [-0.05, 0) is 57.0 Å². The van der Waals surface area contributed by atoms with Crippen molar-refractivity contribution >= 4 is 46.4 Å². The lowest BCUT2D eigenvalue weighted by atomic mass is 9.85. The zero-order chi connectivity index (χ0) is 41.2. The molecule has 3 N–H and O–H groups in total. The fraction of sp³-hybridized carbons (Fsp3) is 0.525. The summed E-state index contributed by atoms with van der Waals surface area (Å²) in [5.74, 6) is -1.76. The Kier molecular flexibility index (Phi) is 12.8. The number of alkyl halides is 3. The van der Waals surface area contributed by atoms with Gasteiger partial charge < -0.3 is 29.6 Å². The Morgan fingerprint density at radius 1 is 1.25 bits per heavy atom. The maximum atomic E-state index is 16.2. The summed E-state index contributed by atoms with van der Waals surface area (Å²) in [6.45, 7) is 11.2. The average Bonchev–Trinajstić information content (AvgIpc) is 3.73. The zero-order valence-electron chi connectivity index (χ0n) is 32.9. The fourth-order valence-electron chi connectivity index (χ4n) is 7.31. The van der Waals surface area contributed by atoms with Crippen molar-refractivity contribution in [2.45, 2.75) is 77.4 Å². The summed E-state index contributed by atoms with van der Waals surface area (Å²) in [6, 6.07) is 0.824. The highest BCUT2D eigenvalue weighted by Gasteiger charge is 2.36. The molecule has 0 saturated carbocycles. The van der Waals surface area contributed by atoms with Crippen LogP contribution in [0.25, 0.3) is 28.2 Å². The number of carbonyl (C=O) groups is 2. The van der Waals surface area contributed by atoms with Crippen LogP contribution in [0.3, 0.4) is 0 Å². The largest absolute Gasteiger partial charge is 0.464 e. The number of halogens is 4. The van der Waals surface area contributed by atoms with E-state index in [2.05, 4.69) is 32.5 Å². The lowest BCUT2D eigenvalue weighted by Crippen LogP contribution is -2.59. The number of aromatic nitrogens is 2. The minimum Gasteiger partial charge on any atom is -0.464 e. The first-order valence-electron chi connectivity index (χ1n) is 18.9. The van der Waals surface area contributed by atoms with Gasteiger partial charge in [0.05, 0.1) is 52.6 Å². The van der Waals surface area contributed by atoms with E-state index in [9.17, 15) is 22.8 Å². The Morgan fingerprint density at radius 3 is 2.67 bits per heavy atom. The van der Waals surface area contributed by atoms with Crippen LogP contribution in [0, 0.1) is 11.2 Å². The Labute approximate surface area is 333 Å². The van der Waals surface area contributed by atoms with E-state index >= 15 is 4.39 Å². The molecule has 3 aliphatic heterocycles. The molecule has 3 aromatic rings. The lowest BCUT2D eigenvalue weighted by molar-refractivity contribution is -0.155. The maximum absolute atomic E-state index is 16.2. The lowest BCUT2D eigenvalue weighted by Gasteiger charge is -2.34. The number of esters is 1. The number of methoxy groups -OCH3 is 1. The van der Waals surface area contributed by atoms with Crippen molar-refractivity contribution in [3.8, 4) is 11.3 Å². The summed E-state index contributed by atoms with van der Waals surface area (Å²) in [4.78, 5) is 40.4. The Hall–Kier alpha value is -4.38. The summed E-state index contributed by atoms with van der Waals surface area (Å²) in [5, 5.41) is 3.82. The number of hydrogen-bond donors (Lipinski definition) is 2. The molecule has 17 heteroatoms. The summed E-state index contributed by atoms with van der Waals surface area (Å²) < 4.78 is 72.4. The fourth-order valence-corrected chi connectivity index (χ4v) is 8.17. The Morgan fingerprint density at radius 2 is 1.98 bits per heavy atom. The number of nitrogens with two attached hydrogens (primary N) is 1. The molecule has 2 aromatic heterocycles. The molecular weight excluding hydrogens is 765 g/mol. The van der Waals surface area contributed by atoms with Crippen molar-refractivity contribution in [1.82, 2.24) is 29.8 Å². The van der Waals surface area contributed by atoms with Crippen LogP contribution in [0.1, 0.15) is 49.9 Å². The van der Waals surface area contributed by atoms with Gasteiger partial charge in [-0.1, -0.05) is 20.4 Å². The van der Waals surface area contributed by atoms with Gasteiger partial charge >= 0.3 is 12.1 Å². The SMILES string of the molecule is C=C=C(C=N/C(=C/c1c2c3cc(c(F)cc3n1CC(F)(F)F)-c1csc(n1)C[C@H](N)C(=O)N1CCC[C@H](N1)C(=O)OCC(C)(C)C2)[C@H](C)OC)N1CCN(C)CC1. The van der Waals surface area contributed by atoms with Gasteiger partial charge in [-0.2, -0.15) is 13.2 Å². The molecule has 57 heavy (non-hydrogen) atoms. The number of allylic oxidation sites excluding steroid dienone is 1. The van der Waals surface area contributed by atoms with Crippen molar-refractivity contribution < 1.29 is 36.6 Å². The van der Waals surface area contributed by atoms with Gasteiger partial charge in [-0.25, -0.2) is 14.8 Å². The molecule has 308 valence electrons. The number of aliphatic imine (C=N–C) groups is 1. The van der Waals surface area contributed by atoms with Crippen molar-refractivity contribution in [2.24, 2.45) is 16.1 Å². The number of benzene rings is 1. The van der Waals surface area contributed by atoms with Crippen molar-refractivity contribution in [1.29, 1.82) is 0 Å². The second-order valence-corrected chi connectivity index (χ2v) is 16.6. The van der Waals surface area contributed by atoms with Crippen molar-refractivity contribution in [3.63, 3.8) is 0 Å². The molecule has 0 aliphatic carbocycles. The van der Waals surface area contributed by atoms with E-state index in [1.807, 2.05) is 20.9 Å². The summed E-state index contributed by atoms with van der Waals surface area (Å²) in [7, 11) is 3.52. The van der Waals surface area contributed by atoms with E-state index in [0.29, 0.717) is 46.7 Å². The number of fused-ring (bicyclic) bond motifs is 6. The van der Waals surface area contributed by atoms with E-state index in [1.54, 1.807) is 24.6 Å². The van der Waals surface area contributed by atoms with E-state index in [1.165, 1.54) is 29.5 Å². The van der Waals surface area contributed by atoms with Crippen LogP contribution in [-0.2, 0) is 38.4 Å². The quantitative estimate of drug-likeness (QED) is 0.141. The smallest absolute Gasteiger partial charge is 0.406 e. The number of hydrogen-bond acceptors (Lipinski definition) is 11. The molecule has 0 radical (unpaired) electrons. The first-order valence-corrected chi connectivity index (χ1v) is 19.8. The molecule has 1 amide bonds. The molecule has 3 aliphatic rings. The number of hydrazine groups is 1. The predicted octanol–water partition coefficient (Wildman–Crippen LogP) is 5.32. The number of piperazine rings is 1. The van der Waals surface area contributed by atoms with Crippen molar-refractivity contribution in [3.05, 3.63) is 63.3 Å². The van der Waals surface area contributed by atoms with Gasteiger partial charge in [0.15, 0.2) is 0 Å². The molecule has 3 atom stereocenters. The van der Waals surface area contributed by atoms with Gasteiger partial charge in [-0.3, -0.25) is 19.6 Å². The molecule has 0 unspecified atom stereocenters. The Bertz CT molecular complexity index is 2100.